The molecule has 0 heterocycles. The first kappa shape index (κ1) is 13.2. The molecule has 0 aromatic heterocycles. The van der Waals surface area contributed by atoms with Crippen LogP contribution in [0, 0.1) is 0 Å². The highest BCUT2D eigenvalue weighted by molar-refractivity contribution is 5.59. The Bertz CT molecular complexity index is 158. The zero-order chi connectivity index (χ0) is 11.0. The number of carbonyl (C=O) groups excluding carboxylic acids is 1. The highest BCUT2D eigenvalue weighted by atomic mass is 16.7. The molecule has 0 saturated heterocycles. The molecule has 4 nitrogen and oxygen atoms in total. The van der Waals surface area contributed by atoms with E-state index in [-0.39, 0.29) is 0 Å². The molecule has 4 heteroatoms. The number of nitrogens with zero attached hydrogens (tertiary/aromatic N) is 1. The van der Waals surface area contributed by atoms with E-state index in [2.05, 4.69) is 25.5 Å². The first-order chi connectivity index (χ1) is 6.64. The number of quaternary nitrogens is 1. The summed E-state index contributed by atoms with van der Waals surface area (Å²) >= 11 is 0. The molecule has 84 valence electrons. The number of carbonyl (C=O) groups is 1. The predicted octanol–water partition coefficient (Wildman–Crippen LogP) is 1.65. The number of ether oxygens (including phenoxy) is 2. The van der Waals surface area contributed by atoms with Crippen molar-refractivity contribution in [1.82, 2.24) is 0 Å². The SMILES string of the molecule is CC[N+](CC)(CC)CCOC(=O)OC. The summed E-state index contributed by atoms with van der Waals surface area (Å²) < 4.78 is 10.3. The summed E-state index contributed by atoms with van der Waals surface area (Å²) in [4.78, 5) is 10.7. The third-order valence-electron chi connectivity index (χ3n) is 2.96. The Morgan fingerprint density at radius 3 is 2.00 bits per heavy atom. The molecule has 0 aliphatic heterocycles. The topological polar surface area (TPSA) is 35.5 Å². The van der Waals surface area contributed by atoms with Crippen molar-refractivity contribution in [2.45, 2.75) is 20.8 Å². The summed E-state index contributed by atoms with van der Waals surface area (Å²) in [6, 6.07) is 0. The van der Waals surface area contributed by atoms with Crippen molar-refractivity contribution >= 4 is 6.16 Å². The molecule has 0 fully saturated rings. The Morgan fingerprint density at radius 1 is 1.14 bits per heavy atom. The summed E-state index contributed by atoms with van der Waals surface area (Å²) in [5.41, 5.74) is 0. The molecular weight excluding hydrogens is 182 g/mol. The van der Waals surface area contributed by atoms with Gasteiger partial charge in [-0.1, -0.05) is 0 Å². The van der Waals surface area contributed by atoms with Crippen molar-refractivity contribution in [3.8, 4) is 0 Å². The second-order valence-electron chi connectivity index (χ2n) is 3.32. The molecule has 0 unspecified atom stereocenters. The van der Waals surface area contributed by atoms with Crippen LogP contribution in [0.3, 0.4) is 0 Å². The van der Waals surface area contributed by atoms with E-state index < -0.39 is 6.16 Å². The van der Waals surface area contributed by atoms with Crippen molar-refractivity contribution in [1.29, 1.82) is 0 Å². The smallest absolute Gasteiger partial charge is 0.438 e. The first-order valence-corrected chi connectivity index (χ1v) is 5.20. The van der Waals surface area contributed by atoms with Crippen molar-refractivity contribution in [2.75, 3.05) is 39.9 Å². The van der Waals surface area contributed by atoms with Gasteiger partial charge in [-0.3, -0.25) is 0 Å². The van der Waals surface area contributed by atoms with Crippen LogP contribution in [0.2, 0.25) is 0 Å². The summed E-state index contributed by atoms with van der Waals surface area (Å²) in [5.74, 6) is 0. The van der Waals surface area contributed by atoms with Crippen LogP contribution in [0.15, 0.2) is 0 Å². The van der Waals surface area contributed by atoms with Gasteiger partial charge in [0, 0.05) is 0 Å². The Morgan fingerprint density at radius 2 is 1.64 bits per heavy atom. The molecule has 0 aromatic rings. The maximum Gasteiger partial charge on any atom is 0.508 e. The van der Waals surface area contributed by atoms with E-state index in [4.69, 9.17) is 4.74 Å². The lowest BCUT2D eigenvalue weighted by Crippen LogP contribution is -2.49. The van der Waals surface area contributed by atoms with E-state index in [1.165, 1.54) is 7.11 Å². The van der Waals surface area contributed by atoms with Gasteiger partial charge in [0.25, 0.3) is 0 Å². The second-order valence-corrected chi connectivity index (χ2v) is 3.32. The maximum atomic E-state index is 10.7. The van der Waals surface area contributed by atoms with E-state index >= 15 is 0 Å². The van der Waals surface area contributed by atoms with Crippen LogP contribution in [-0.4, -0.2) is 50.5 Å². The average Bonchev–Trinajstić information content (AvgIpc) is 2.25. The van der Waals surface area contributed by atoms with Gasteiger partial charge in [0.15, 0.2) is 0 Å². The van der Waals surface area contributed by atoms with Crippen LogP contribution in [0.25, 0.3) is 0 Å². The lowest BCUT2D eigenvalue weighted by atomic mass is 10.3. The van der Waals surface area contributed by atoms with E-state index in [9.17, 15) is 4.79 Å². The fraction of sp³-hybridized carbons (Fsp3) is 0.900. The third kappa shape index (κ3) is 3.96. The quantitative estimate of drug-likeness (QED) is 0.487. The van der Waals surface area contributed by atoms with Gasteiger partial charge in [-0.2, -0.15) is 0 Å². The lowest BCUT2D eigenvalue weighted by molar-refractivity contribution is -0.923. The zero-order valence-electron chi connectivity index (χ0n) is 9.71. The van der Waals surface area contributed by atoms with Gasteiger partial charge >= 0.3 is 6.16 Å². The molecule has 0 bridgehead atoms. The number of methoxy groups -OCH3 is 1. The van der Waals surface area contributed by atoms with Crippen LogP contribution in [0.5, 0.6) is 0 Å². The molecule has 0 saturated carbocycles. The molecule has 0 N–H and O–H groups in total. The lowest BCUT2D eigenvalue weighted by Gasteiger charge is -2.35. The van der Waals surface area contributed by atoms with E-state index in [0.29, 0.717) is 6.61 Å². The molecule has 0 aromatic carbocycles. The van der Waals surface area contributed by atoms with E-state index in [0.717, 1.165) is 30.7 Å². The molecule has 14 heavy (non-hydrogen) atoms. The average molecular weight is 204 g/mol. The summed E-state index contributed by atoms with van der Waals surface area (Å²) in [6.45, 7) is 11.0. The number of likely N-dealkylation sites (N-methyl/N-ethyl adjacent to an activating group) is 1. The Kier molecular flexibility index (Phi) is 6.28. The molecular formula is C10H22NO3+. The third-order valence-corrected chi connectivity index (χ3v) is 2.96. The van der Waals surface area contributed by atoms with Crippen molar-refractivity contribution in [3.05, 3.63) is 0 Å². The highest BCUT2D eigenvalue weighted by Gasteiger charge is 2.20. The van der Waals surface area contributed by atoms with Crippen LogP contribution in [0.1, 0.15) is 20.8 Å². The van der Waals surface area contributed by atoms with E-state index in [1.54, 1.807) is 0 Å². The largest absolute Gasteiger partial charge is 0.508 e. The fourth-order valence-electron chi connectivity index (χ4n) is 1.53. The Labute approximate surface area is 86.4 Å². The maximum absolute atomic E-state index is 10.7. The van der Waals surface area contributed by atoms with Gasteiger partial charge in [0.05, 0.1) is 26.7 Å². The van der Waals surface area contributed by atoms with Crippen LogP contribution < -0.4 is 0 Å². The molecule has 0 rings (SSSR count). The van der Waals surface area contributed by atoms with Crippen LogP contribution in [-0.2, 0) is 9.47 Å². The summed E-state index contributed by atoms with van der Waals surface area (Å²) in [5, 5.41) is 0. The Hall–Kier alpha value is -0.770. The second kappa shape index (κ2) is 6.65. The van der Waals surface area contributed by atoms with Gasteiger partial charge in [-0.05, 0) is 20.8 Å². The van der Waals surface area contributed by atoms with Gasteiger partial charge in [0.1, 0.15) is 13.2 Å². The van der Waals surface area contributed by atoms with Crippen LogP contribution >= 0.6 is 0 Å². The fourth-order valence-corrected chi connectivity index (χ4v) is 1.53. The van der Waals surface area contributed by atoms with Crippen molar-refractivity contribution in [2.24, 2.45) is 0 Å². The normalized spacial score (nSPS) is 11.1. The number of hydrogen-bond acceptors (Lipinski definition) is 3. The van der Waals surface area contributed by atoms with Gasteiger partial charge in [-0.25, -0.2) is 4.79 Å². The van der Waals surface area contributed by atoms with Gasteiger partial charge < -0.3 is 14.0 Å². The molecule has 0 amide bonds. The molecule has 0 aliphatic rings. The minimum atomic E-state index is -0.591. The van der Waals surface area contributed by atoms with Crippen molar-refractivity contribution < 1.29 is 18.8 Å². The number of rotatable bonds is 6. The minimum absolute atomic E-state index is 0.433. The molecule has 0 spiro atoms. The molecule has 0 radical (unpaired) electrons. The highest BCUT2D eigenvalue weighted by Crippen LogP contribution is 2.05. The molecule has 0 atom stereocenters. The van der Waals surface area contributed by atoms with Gasteiger partial charge in [0.2, 0.25) is 0 Å². The van der Waals surface area contributed by atoms with Crippen molar-refractivity contribution in [3.63, 3.8) is 0 Å². The summed E-state index contributed by atoms with van der Waals surface area (Å²) in [6.07, 6.45) is -0.591. The summed E-state index contributed by atoms with van der Waals surface area (Å²) in [7, 11) is 1.32. The predicted molar refractivity (Wildman–Crippen MR) is 55.1 cm³/mol. The number of hydrogen-bond donors (Lipinski definition) is 0. The molecule has 0 aliphatic carbocycles. The first-order valence-electron chi connectivity index (χ1n) is 5.20. The van der Waals surface area contributed by atoms with Crippen LogP contribution in [0.4, 0.5) is 4.79 Å². The minimum Gasteiger partial charge on any atom is -0.438 e. The zero-order valence-corrected chi connectivity index (χ0v) is 9.71. The Balaban J connectivity index is 3.88. The standard InChI is InChI=1S/C10H22NO3/c1-5-11(6-2,7-3)8-9-14-10(12)13-4/h5-9H2,1-4H3/q+1. The van der Waals surface area contributed by atoms with Gasteiger partial charge in [-0.15, -0.1) is 0 Å². The monoisotopic (exact) mass is 204 g/mol. The van der Waals surface area contributed by atoms with E-state index in [1.807, 2.05) is 0 Å².